The van der Waals surface area contributed by atoms with Crippen LogP contribution in [0.3, 0.4) is 0 Å². The Labute approximate surface area is 167 Å². The Bertz CT molecular complexity index is 689. The van der Waals surface area contributed by atoms with Crippen molar-refractivity contribution >= 4 is 12.0 Å². The standard InChI is InChI=1S/C20H33N5O3/c1-4-18-21-15(2)16(22-18)14-23-9-7-10-24(13-12-23)19(26)17-8-5-6-11-25(17)20(27)28-3/h17H,4-14H2,1-3H3,(H,21,22). The second-order valence-electron chi connectivity index (χ2n) is 7.74. The van der Waals surface area contributed by atoms with E-state index in [1.807, 2.05) is 4.90 Å². The van der Waals surface area contributed by atoms with E-state index in [1.165, 1.54) is 7.11 Å². The van der Waals surface area contributed by atoms with Crippen LogP contribution in [-0.4, -0.2) is 82.5 Å². The number of imidazole rings is 1. The molecule has 156 valence electrons. The second kappa shape index (κ2) is 9.41. The summed E-state index contributed by atoms with van der Waals surface area (Å²) < 4.78 is 4.89. The fourth-order valence-corrected chi connectivity index (χ4v) is 4.18. The number of aromatic amines is 1. The summed E-state index contributed by atoms with van der Waals surface area (Å²) in [5.74, 6) is 1.09. The summed E-state index contributed by atoms with van der Waals surface area (Å²) >= 11 is 0. The number of methoxy groups -OCH3 is 1. The molecule has 0 saturated carbocycles. The van der Waals surface area contributed by atoms with E-state index in [0.717, 1.165) is 75.5 Å². The summed E-state index contributed by atoms with van der Waals surface area (Å²) in [6.07, 6.45) is 4.06. The van der Waals surface area contributed by atoms with Crippen molar-refractivity contribution in [3.05, 3.63) is 17.2 Å². The van der Waals surface area contributed by atoms with Crippen molar-refractivity contribution in [3.63, 3.8) is 0 Å². The molecule has 1 unspecified atom stereocenters. The lowest BCUT2D eigenvalue weighted by Crippen LogP contribution is -2.53. The van der Waals surface area contributed by atoms with Crippen molar-refractivity contribution in [2.45, 2.75) is 58.5 Å². The number of hydrogen-bond donors (Lipinski definition) is 1. The quantitative estimate of drug-likeness (QED) is 0.848. The molecule has 0 spiro atoms. The molecular weight excluding hydrogens is 358 g/mol. The van der Waals surface area contributed by atoms with Crippen LogP contribution in [0.1, 0.15) is 49.8 Å². The Morgan fingerprint density at radius 3 is 2.68 bits per heavy atom. The number of aryl methyl sites for hydroxylation is 2. The van der Waals surface area contributed by atoms with Gasteiger partial charge in [0.2, 0.25) is 5.91 Å². The van der Waals surface area contributed by atoms with E-state index in [9.17, 15) is 9.59 Å². The van der Waals surface area contributed by atoms with Gasteiger partial charge in [-0.15, -0.1) is 0 Å². The topological polar surface area (TPSA) is 81.8 Å². The zero-order valence-electron chi connectivity index (χ0n) is 17.4. The number of carbonyl (C=O) groups excluding carboxylic acids is 2. The van der Waals surface area contributed by atoms with Crippen LogP contribution in [-0.2, 0) is 22.5 Å². The Hall–Kier alpha value is -2.09. The first-order chi connectivity index (χ1) is 13.5. The third-order valence-corrected chi connectivity index (χ3v) is 5.84. The van der Waals surface area contributed by atoms with Gasteiger partial charge in [0.25, 0.3) is 0 Å². The molecule has 3 heterocycles. The van der Waals surface area contributed by atoms with Crippen LogP contribution in [0.25, 0.3) is 0 Å². The molecule has 0 radical (unpaired) electrons. The number of piperidine rings is 1. The first-order valence-electron chi connectivity index (χ1n) is 10.4. The van der Waals surface area contributed by atoms with E-state index < -0.39 is 6.09 Å². The molecular formula is C20H33N5O3. The van der Waals surface area contributed by atoms with Crippen molar-refractivity contribution in [1.29, 1.82) is 0 Å². The van der Waals surface area contributed by atoms with Crippen LogP contribution in [0.4, 0.5) is 4.79 Å². The van der Waals surface area contributed by atoms with E-state index in [2.05, 4.69) is 28.7 Å². The maximum Gasteiger partial charge on any atom is 0.410 e. The zero-order chi connectivity index (χ0) is 20.1. The predicted octanol–water partition coefficient (Wildman–Crippen LogP) is 1.94. The number of aromatic nitrogens is 2. The van der Waals surface area contributed by atoms with Gasteiger partial charge in [0.1, 0.15) is 11.9 Å². The third kappa shape index (κ3) is 4.66. The van der Waals surface area contributed by atoms with Crippen molar-refractivity contribution in [2.75, 3.05) is 39.8 Å². The fourth-order valence-electron chi connectivity index (χ4n) is 4.18. The van der Waals surface area contributed by atoms with E-state index in [4.69, 9.17) is 4.74 Å². The average molecular weight is 392 g/mol. The molecule has 0 bridgehead atoms. The van der Waals surface area contributed by atoms with Crippen LogP contribution >= 0.6 is 0 Å². The minimum absolute atomic E-state index is 0.0659. The number of carbonyl (C=O) groups is 2. The number of hydrogen-bond acceptors (Lipinski definition) is 5. The number of nitrogens with one attached hydrogen (secondary N) is 1. The van der Waals surface area contributed by atoms with Gasteiger partial charge in [-0.3, -0.25) is 14.6 Å². The molecule has 0 aliphatic carbocycles. The molecule has 28 heavy (non-hydrogen) atoms. The lowest BCUT2D eigenvalue weighted by Gasteiger charge is -2.36. The number of rotatable bonds is 4. The Balaban J connectivity index is 1.60. The highest BCUT2D eigenvalue weighted by Gasteiger charge is 2.35. The van der Waals surface area contributed by atoms with Crippen molar-refractivity contribution in [1.82, 2.24) is 24.7 Å². The molecule has 2 saturated heterocycles. The van der Waals surface area contributed by atoms with E-state index >= 15 is 0 Å². The number of H-pyrrole nitrogens is 1. The van der Waals surface area contributed by atoms with Crippen LogP contribution < -0.4 is 0 Å². The summed E-state index contributed by atoms with van der Waals surface area (Å²) in [5.41, 5.74) is 2.23. The molecule has 1 aromatic rings. The first-order valence-corrected chi connectivity index (χ1v) is 10.4. The van der Waals surface area contributed by atoms with Crippen molar-refractivity contribution in [2.24, 2.45) is 0 Å². The molecule has 1 N–H and O–H groups in total. The highest BCUT2D eigenvalue weighted by atomic mass is 16.5. The smallest absolute Gasteiger partial charge is 0.410 e. The van der Waals surface area contributed by atoms with Gasteiger partial charge in [0.15, 0.2) is 0 Å². The average Bonchev–Trinajstić information content (AvgIpc) is 2.91. The van der Waals surface area contributed by atoms with Crippen LogP contribution in [0.5, 0.6) is 0 Å². The molecule has 2 amide bonds. The molecule has 8 nitrogen and oxygen atoms in total. The number of likely N-dealkylation sites (tertiary alicyclic amines) is 1. The largest absolute Gasteiger partial charge is 0.453 e. The molecule has 1 atom stereocenters. The van der Waals surface area contributed by atoms with Gasteiger partial charge in [-0.2, -0.15) is 0 Å². The molecule has 2 aliphatic heterocycles. The van der Waals surface area contributed by atoms with Gasteiger partial charge in [0.05, 0.1) is 12.8 Å². The van der Waals surface area contributed by atoms with E-state index in [1.54, 1.807) is 4.90 Å². The summed E-state index contributed by atoms with van der Waals surface area (Å²) in [6, 6.07) is -0.381. The molecule has 8 heteroatoms. The predicted molar refractivity (Wildman–Crippen MR) is 106 cm³/mol. The number of amides is 2. The first kappa shape index (κ1) is 20.6. The van der Waals surface area contributed by atoms with Gasteiger partial charge in [-0.1, -0.05) is 6.92 Å². The third-order valence-electron chi connectivity index (χ3n) is 5.84. The van der Waals surface area contributed by atoms with Crippen molar-refractivity contribution < 1.29 is 14.3 Å². The van der Waals surface area contributed by atoms with Crippen molar-refractivity contribution in [3.8, 4) is 0 Å². The van der Waals surface area contributed by atoms with Crippen LogP contribution in [0.15, 0.2) is 0 Å². The van der Waals surface area contributed by atoms with Crippen LogP contribution in [0.2, 0.25) is 0 Å². The van der Waals surface area contributed by atoms with E-state index in [0.29, 0.717) is 13.1 Å². The van der Waals surface area contributed by atoms with Gasteiger partial charge in [-0.25, -0.2) is 9.78 Å². The summed E-state index contributed by atoms with van der Waals surface area (Å²) in [6.45, 7) is 8.77. The SMILES string of the molecule is CCc1nc(CN2CCCN(C(=O)C3CCCCN3C(=O)OC)CC2)c(C)[nH]1. The molecule has 2 aliphatic rings. The molecule has 2 fully saturated rings. The minimum Gasteiger partial charge on any atom is -0.453 e. The monoisotopic (exact) mass is 391 g/mol. The zero-order valence-corrected chi connectivity index (χ0v) is 17.4. The lowest BCUT2D eigenvalue weighted by atomic mass is 10.0. The molecule has 3 rings (SSSR count). The summed E-state index contributed by atoms with van der Waals surface area (Å²) in [7, 11) is 1.38. The summed E-state index contributed by atoms with van der Waals surface area (Å²) in [5, 5.41) is 0. The van der Waals surface area contributed by atoms with Gasteiger partial charge in [0, 0.05) is 51.4 Å². The van der Waals surface area contributed by atoms with Gasteiger partial charge >= 0.3 is 6.09 Å². The number of ether oxygens (including phenoxy) is 1. The Morgan fingerprint density at radius 1 is 1.14 bits per heavy atom. The normalized spacial score (nSPS) is 21.5. The lowest BCUT2D eigenvalue weighted by molar-refractivity contribution is -0.137. The summed E-state index contributed by atoms with van der Waals surface area (Å²) in [4.78, 5) is 39.1. The van der Waals surface area contributed by atoms with Gasteiger partial charge in [-0.05, 0) is 32.6 Å². The van der Waals surface area contributed by atoms with Gasteiger partial charge < -0.3 is 14.6 Å². The van der Waals surface area contributed by atoms with Crippen LogP contribution in [0, 0.1) is 6.92 Å². The highest BCUT2D eigenvalue weighted by Crippen LogP contribution is 2.21. The highest BCUT2D eigenvalue weighted by molar-refractivity contribution is 5.86. The maximum absolute atomic E-state index is 13.1. The Kier molecular flexibility index (Phi) is 6.93. The maximum atomic E-state index is 13.1. The number of nitrogens with zero attached hydrogens (tertiary/aromatic N) is 4. The van der Waals surface area contributed by atoms with E-state index in [-0.39, 0.29) is 11.9 Å². The second-order valence-corrected chi connectivity index (χ2v) is 7.74. The Morgan fingerprint density at radius 2 is 1.96 bits per heavy atom. The molecule has 1 aromatic heterocycles. The molecule has 0 aromatic carbocycles. The fraction of sp³-hybridized carbons (Fsp3) is 0.750. The minimum atomic E-state index is -0.393.